The fourth-order valence-corrected chi connectivity index (χ4v) is 1.49. The van der Waals surface area contributed by atoms with E-state index in [4.69, 9.17) is 5.73 Å². The molecule has 0 aromatic carbocycles. The summed E-state index contributed by atoms with van der Waals surface area (Å²) in [6, 6.07) is 0.229. The van der Waals surface area contributed by atoms with Gasteiger partial charge in [-0.2, -0.15) is 0 Å². The van der Waals surface area contributed by atoms with E-state index in [0.717, 1.165) is 6.42 Å². The van der Waals surface area contributed by atoms with E-state index in [1.54, 1.807) is 0 Å². The SMILES string of the molecule is C=C(C(C)C)C(C)(C)C(N)CC. The molecule has 0 rings (SSSR count). The predicted molar refractivity (Wildman–Crippen MR) is 56.0 cm³/mol. The highest BCUT2D eigenvalue weighted by Crippen LogP contribution is 2.33. The number of rotatable bonds is 4. The smallest absolute Gasteiger partial charge is 0.0125 e. The summed E-state index contributed by atoms with van der Waals surface area (Å²) >= 11 is 0. The predicted octanol–water partition coefficient (Wildman–Crippen LogP) is 2.96. The van der Waals surface area contributed by atoms with E-state index >= 15 is 0 Å². The molecule has 0 heterocycles. The summed E-state index contributed by atoms with van der Waals surface area (Å²) in [5.41, 5.74) is 7.36. The second kappa shape index (κ2) is 4.08. The van der Waals surface area contributed by atoms with Crippen molar-refractivity contribution in [1.29, 1.82) is 0 Å². The average Bonchev–Trinajstić information content (AvgIpc) is 2.01. The topological polar surface area (TPSA) is 26.0 Å². The largest absolute Gasteiger partial charge is 0.327 e. The quantitative estimate of drug-likeness (QED) is 0.643. The Morgan fingerprint density at radius 1 is 1.42 bits per heavy atom. The van der Waals surface area contributed by atoms with Gasteiger partial charge in [0.2, 0.25) is 0 Å². The van der Waals surface area contributed by atoms with Crippen molar-refractivity contribution in [3.63, 3.8) is 0 Å². The lowest BCUT2D eigenvalue weighted by atomic mass is 9.73. The molecule has 0 saturated carbocycles. The lowest BCUT2D eigenvalue weighted by Crippen LogP contribution is -2.39. The number of hydrogen-bond donors (Lipinski definition) is 1. The molecule has 72 valence electrons. The minimum atomic E-state index is 0.0723. The summed E-state index contributed by atoms with van der Waals surface area (Å²) in [7, 11) is 0. The van der Waals surface area contributed by atoms with Crippen LogP contribution in [0.2, 0.25) is 0 Å². The maximum atomic E-state index is 6.03. The lowest BCUT2D eigenvalue weighted by Gasteiger charge is -2.35. The van der Waals surface area contributed by atoms with Gasteiger partial charge in [0.05, 0.1) is 0 Å². The molecule has 2 N–H and O–H groups in total. The zero-order valence-corrected chi connectivity index (χ0v) is 9.15. The van der Waals surface area contributed by atoms with E-state index in [2.05, 4.69) is 41.2 Å². The summed E-state index contributed by atoms with van der Waals surface area (Å²) in [4.78, 5) is 0. The van der Waals surface area contributed by atoms with Crippen LogP contribution >= 0.6 is 0 Å². The normalized spacial score (nSPS) is 14.9. The molecule has 0 radical (unpaired) electrons. The molecule has 1 atom stereocenters. The van der Waals surface area contributed by atoms with Crippen LogP contribution in [0.25, 0.3) is 0 Å². The molecule has 1 nitrogen and oxygen atoms in total. The minimum absolute atomic E-state index is 0.0723. The molecular formula is C11H23N. The molecule has 0 saturated heterocycles. The van der Waals surface area contributed by atoms with Gasteiger partial charge in [-0.25, -0.2) is 0 Å². The van der Waals surface area contributed by atoms with Gasteiger partial charge in [0.15, 0.2) is 0 Å². The first-order valence-electron chi connectivity index (χ1n) is 4.78. The maximum Gasteiger partial charge on any atom is 0.0125 e. The van der Waals surface area contributed by atoms with Crippen LogP contribution < -0.4 is 5.73 Å². The van der Waals surface area contributed by atoms with Gasteiger partial charge in [0, 0.05) is 11.5 Å². The molecule has 0 bridgehead atoms. The molecule has 1 unspecified atom stereocenters. The molecule has 0 fully saturated rings. The molecular weight excluding hydrogens is 146 g/mol. The van der Waals surface area contributed by atoms with Gasteiger partial charge in [-0.1, -0.05) is 46.8 Å². The van der Waals surface area contributed by atoms with E-state index in [9.17, 15) is 0 Å². The van der Waals surface area contributed by atoms with E-state index in [1.807, 2.05) is 0 Å². The van der Waals surface area contributed by atoms with Crippen molar-refractivity contribution in [1.82, 2.24) is 0 Å². The highest BCUT2D eigenvalue weighted by molar-refractivity contribution is 5.12. The van der Waals surface area contributed by atoms with Gasteiger partial charge in [0.1, 0.15) is 0 Å². The zero-order chi connectivity index (χ0) is 9.94. The molecule has 0 aromatic rings. The van der Waals surface area contributed by atoms with Crippen LogP contribution in [0.15, 0.2) is 12.2 Å². The molecule has 0 spiro atoms. The van der Waals surface area contributed by atoms with Crippen LogP contribution in [0.3, 0.4) is 0 Å². The minimum Gasteiger partial charge on any atom is -0.327 e. The van der Waals surface area contributed by atoms with Crippen molar-refractivity contribution >= 4 is 0 Å². The monoisotopic (exact) mass is 169 g/mol. The van der Waals surface area contributed by atoms with E-state index < -0.39 is 0 Å². The summed E-state index contributed by atoms with van der Waals surface area (Å²) < 4.78 is 0. The molecule has 0 aliphatic carbocycles. The van der Waals surface area contributed by atoms with Crippen molar-refractivity contribution in [2.24, 2.45) is 17.1 Å². The molecule has 0 aliphatic rings. The van der Waals surface area contributed by atoms with Gasteiger partial charge in [-0.05, 0) is 12.3 Å². The maximum absolute atomic E-state index is 6.03. The Labute approximate surface area is 77.0 Å². The highest BCUT2D eigenvalue weighted by atomic mass is 14.7. The second-order valence-electron chi connectivity index (χ2n) is 4.42. The Morgan fingerprint density at radius 3 is 2.08 bits per heavy atom. The first-order valence-corrected chi connectivity index (χ1v) is 4.78. The fourth-order valence-electron chi connectivity index (χ4n) is 1.49. The average molecular weight is 169 g/mol. The van der Waals surface area contributed by atoms with Gasteiger partial charge in [-0.15, -0.1) is 0 Å². The van der Waals surface area contributed by atoms with E-state index in [1.165, 1.54) is 5.57 Å². The Kier molecular flexibility index (Phi) is 3.98. The third kappa shape index (κ3) is 2.34. The molecule has 12 heavy (non-hydrogen) atoms. The Hall–Kier alpha value is -0.300. The van der Waals surface area contributed by atoms with Crippen LogP contribution in [-0.2, 0) is 0 Å². The van der Waals surface area contributed by atoms with Crippen molar-refractivity contribution in [3.8, 4) is 0 Å². The lowest BCUT2D eigenvalue weighted by molar-refractivity contribution is 0.315. The standard InChI is InChI=1S/C11H23N/c1-7-10(12)11(5,6)9(4)8(2)3/h8,10H,4,7,12H2,1-3,5-6H3. The summed E-state index contributed by atoms with van der Waals surface area (Å²) in [5, 5.41) is 0. The van der Waals surface area contributed by atoms with E-state index in [-0.39, 0.29) is 11.5 Å². The summed E-state index contributed by atoms with van der Waals surface area (Å²) in [6.45, 7) is 15.0. The van der Waals surface area contributed by atoms with Gasteiger partial charge >= 0.3 is 0 Å². The van der Waals surface area contributed by atoms with E-state index in [0.29, 0.717) is 5.92 Å². The third-order valence-corrected chi connectivity index (χ3v) is 2.89. The fraction of sp³-hybridized carbons (Fsp3) is 0.818. The third-order valence-electron chi connectivity index (χ3n) is 2.89. The first kappa shape index (κ1) is 11.7. The second-order valence-corrected chi connectivity index (χ2v) is 4.42. The van der Waals surface area contributed by atoms with Gasteiger partial charge < -0.3 is 5.73 Å². The number of hydrogen-bond acceptors (Lipinski definition) is 1. The van der Waals surface area contributed by atoms with Gasteiger partial charge in [0.25, 0.3) is 0 Å². The summed E-state index contributed by atoms with van der Waals surface area (Å²) in [5.74, 6) is 0.526. The molecule has 0 amide bonds. The number of nitrogens with two attached hydrogens (primary N) is 1. The zero-order valence-electron chi connectivity index (χ0n) is 9.15. The van der Waals surface area contributed by atoms with Crippen molar-refractivity contribution in [3.05, 3.63) is 12.2 Å². The molecule has 1 heteroatoms. The van der Waals surface area contributed by atoms with Crippen LogP contribution in [0, 0.1) is 11.3 Å². The Bertz CT molecular complexity index is 156. The van der Waals surface area contributed by atoms with Crippen LogP contribution in [0.5, 0.6) is 0 Å². The highest BCUT2D eigenvalue weighted by Gasteiger charge is 2.29. The van der Waals surface area contributed by atoms with Crippen molar-refractivity contribution in [2.45, 2.75) is 47.1 Å². The Morgan fingerprint density at radius 2 is 1.83 bits per heavy atom. The summed E-state index contributed by atoms with van der Waals surface area (Å²) in [6.07, 6.45) is 1.01. The van der Waals surface area contributed by atoms with Crippen LogP contribution in [0.1, 0.15) is 41.0 Å². The molecule has 0 aliphatic heterocycles. The van der Waals surface area contributed by atoms with Crippen LogP contribution in [0.4, 0.5) is 0 Å². The van der Waals surface area contributed by atoms with Crippen molar-refractivity contribution < 1.29 is 0 Å². The van der Waals surface area contributed by atoms with Crippen LogP contribution in [-0.4, -0.2) is 6.04 Å². The van der Waals surface area contributed by atoms with Crippen molar-refractivity contribution in [2.75, 3.05) is 0 Å². The molecule has 0 aromatic heterocycles. The first-order chi connectivity index (χ1) is 5.34. The van der Waals surface area contributed by atoms with Gasteiger partial charge in [-0.3, -0.25) is 0 Å². The Balaban J connectivity index is 4.49.